The zero-order valence-electron chi connectivity index (χ0n) is 12.5. The molecule has 0 aliphatic rings. The number of furan rings is 1. The quantitative estimate of drug-likeness (QED) is 0.522. The Morgan fingerprint density at radius 2 is 2.00 bits per heavy atom. The molecule has 24 heavy (non-hydrogen) atoms. The van der Waals surface area contributed by atoms with Crippen molar-refractivity contribution in [2.45, 2.75) is 10.6 Å². The van der Waals surface area contributed by atoms with E-state index in [9.17, 15) is 14.3 Å². The van der Waals surface area contributed by atoms with Gasteiger partial charge in [-0.25, -0.2) is 4.39 Å². The molecule has 0 unspecified atom stereocenters. The second-order valence-corrected chi connectivity index (χ2v) is 6.00. The van der Waals surface area contributed by atoms with Gasteiger partial charge in [-0.1, -0.05) is 12.1 Å². The molecule has 4 nitrogen and oxygen atoms in total. The molecule has 0 spiro atoms. The lowest BCUT2D eigenvalue weighted by atomic mass is 10.2. The molecule has 1 amide bonds. The first kappa shape index (κ1) is 16.1. The van der Waals surface area contributed by atoms with Crippen molar-refractivity contribution < 1.29 is 18.7 Å². The largest absolute Gasteiger partial charge is 0.506 e. The number of aromatic hydroxyl groups is 1. The van der Waals surface area contributed by atoms with Crippen molar-refractivity contribution >= 4 is 23.4 Å². The van der Waals surface area contributed by atoms with Crippen LogP contribution in [0.1, 0.15) is 16.1 Å². The van der Waals surface area contributed by atoms with Gasteiger partial charge in [0.25, 0.3) is 5.91 Å². The maximum Gasteiger partial charge on any atom is 0.256 e. The van der Waals surface area contributed by atoms with E-state index in [1.165, 1.54) is 17.8 Å². The molecule has 0 aliphatic carbocycles. The second kappa shape index (κ2) is 7.23. The summed E-state index contributed by atoms with van der Waals surface area (Å²) >= 11 is 1.46. The van der Waals surface area contributed by atoms with Crippen molar-refractivity contribution in [3.8, 4) is 5.75 Å². The van der Waals surface area contributed by atoms with E-state index < -0.39 is 11.7 Å². The predicted molar refractivity (Wildman–Crippen MR) is 90.7 cm³/mol. The van der Waals surface area contributed by atoms with Gasteiger partial charge in [0.05, 0.1) is 23.3 Å². The van der Waals surface area contributed by atoms with Crippen LogP contribution in [0, 0.1) is 5.82 Å². The van der Waals surface area contributed by atoms with Gasteiger partial charge in [0.15, 0.2) is 0 Å². The fourth-order valence-electron chi connectivity index (χ4n) is 2.12. The molecular weight excluding hydrogens is 329 g/mol. The van der Waals surface area contributed by atoms with E-state index >= 15 is 0 Å². The molecule has 0 saturated heterocycles. The number of phenols is 1. The Labute approximate surface area is 142 Å². The van der Waals surface area contributed by atoms with Crippen LogP contribution >= 0.6 is 11.8 Å². The third-order valence-electron chi connectivity index (χ3n) is 3.29. The summed E-state index contributed by atoms with van der Waals surface area (Å²) in [4.78, 5) is 13.2. The van der Waals surface area contributed by atoms with Crippen LogP contribution in [0.5, 0.6) is 5.75 Å². The SMILES string of the molecule is O=C(Nc1cc(F)ccc1O)c1ccccc1SCc1ccco1. The highest BCUT2D eigenvalue weighted by atomic mass is 32.2. The topological polar surface area (TPSA) is 62.5 Å². The summed E-state index contributed by atoms with van der Waals surface area (Å²) < 4.78 is 18.6. The second-order valence-electron chi connectivity index (χ2n) is 4.98. The minimum atomic E-state index is -0.538. The van der Waals surface area contributed by atoms with E-state index in [4.69, 9.17) is 4.42 Å². The lowest BCUT2D eigenvalue weighted by Gasteiger charge is -2.10. The van der Waals surface area contributed by atoms with Gasteiger partial charge in [0.2, 0.25) is 0 Å². The highest BCUT2D eigenvalue weighted by Crippen LogP contribution is 2.29. The number of thioether (sulfide) groups is 1. The number of benzene rings is 2. The first-order chi connectivity index (χ1) is 11.6. The average molecular weight is 343 g/mol. The number of rotatable bonds is 5. The molecule has 0 radical (unpaired) electrons. The van der Waals surface area contributed by atoms with Crippen LogP contribution in [-0.2, 0) is 5.75 Å². The van der Waals surface area contributed by atoms with Crippen LogP contribution in [0.3, 0.4) is 0 Å². The van der Waals surface area contributed by atoms with E-state index in [1.54, 1.807) is 24.5 Å². The maximum atomic E-state index is 13.3. The number of amides is 1. The first-order valence-corrected chi connectivity index (χ1v) is 8.16. The van der Waals surface area contributed by atoms with Crippen molar-refractivity contribution in [3.63, 3.8) is 0 Å². The molecule has 0 atom stereocenters. The van der Waals surface area contributed by atoms with Gasteiger partial charge in [-0.3, -0.25) is 4.79 Å². The first-order valence-electron chi connectivity index (χ1n) is 7.17. The number of nitrogens with one attached hydrogen (secondary N) is 1. The Bertz CT molecular complexity index is 849. The molecule has 0 aliphatic heterocycles. The van der Waals surface area contributed by atoms with Crippen molar-refractivity contribution in [3.05, 3.63) is 78.0 Å². The monoisotopic (exact) mass is 343 g/mol. The van der Waals surface area contributed by atoms with Gasteiger partial charge < -0.3 is 14.8 Å². The van der Waals surface area contributed by atoms with Gasteiger partial charge >= 0.3 is 0 Å². The van der Waals surface area contributed by atoms with E-state index in [2.05, 4.69) is 5.32 Å². The number of hydrogen-bond donors (Lipinski definition) is 2. The minimum Gasteiger partial charge on any atom is -0.506 e. The molecule has 122 valence electrons. The van der Waals surface area contributed by atoms with Crippen molar-refractivity contribution in [1.29, 1.82) is 0 Å². The summed E-state index contributed by atoms with van der Waals surface area (Å²) in [6, 6.07) is 14.1. The summed E-state index contributed by atoms with van der Waals surface area (Å²) in [5, 5.41) is 12.3. The Hall–Kier alpha value is -2.73. The zero-order valence-corrected chi connectivity index (χ0v) is 13.3. The summed E-state index contributed by atoms with van der Waals surface area (Å²) in [7, 11) is 0. The lowest BCUT2D eigenvalue weighted by molar-refractivity contribution is 0.102. The van der Waals surface area contributed by atoms with Crippen molar-refractivity contribution in [2.24, 2.45) is 0 Å². The molecule has 2 aromatic carbocycles. The molecule has 0 bridgehead atoms. The number of halogens is 1. The Balaban J connectivity index is 1.78. The molecule has 0 fully saturated rings. The van der Waals surface area contributed by atoms with Crippen molar-refractivity contribution in [2.75, 3.05) is 5.32 Å². The van der Waals surface area contributed by atoms with E-state index in [-0.39, 0.29) is 11.4 Å². The van der Waals surface area contributed by atoms with Crippen LogP contribution in [-0.4, -0.2) is 11.0 Å². The van der Waals surface area contributed by atoms with E-state index in [0.29, 0.717) is 11.3 Å². The summed E-state index contributed by atoms with van der Waals surface area (Å²) in [6.45, 7) is 0. The molecule has 3 rings (SSSR count). The standard InChI is InChI=1S/C18H14FNO3S/c19-12-7-8-16(21)15(10-12)20-18(22)14-5-1-2-6-17(14)24-11-13-4-3-9-23-13/h1-10,21H,11H2,(H,20,22). The molecule has 2 N–H and O–H groups in total. The maximum absolute atomic E-state index is 13.3. The minimum absolute atomic E-state index is 0.0332. The fraction of sp³-hybridized carbons (Fsp3) is 0.0556. The lowest BCUT2D eigenvalue weighted by Crippen LogP contribution is -2.13. The van der Waals surface area contributed by atoms with Gasteiger partial charge in [0, 0.05) is 11.0 Å². The number of anilines is 1. The summed E-state index contributed by atoms with van der Waals surface area (Å²) in [6.07, 6.45) is 1.60. The van der Waals surface area contributed by atoms with Crippen LogP contribution < -0.4 is 5.32 Å². The molecule has 6 heteroatoms. The number of phenolic OH excluding ortho intramolecular Hbond substituents is 1. The van der Waals surface area contributed by atoms with Crippen LogP contribution in [0.25, 0.3) is 0 Å². The van der Waals surface area contributed by atoms with Gasteiger partial charge in [-0.15, -0.1) is 11.8 Å². The molecule has 1 aromatic heterocycles. The molecular formula is C18H14FNO3S. The van der Waals surface area contributed by atoms with Crippen LogP contribution in [0.4, 0.5) is 10.1 Å². The highest BCUT2D eigenvalue weighted by molar-refractivity contribution is 7.98. The normalized spacial score (nSPS) is 10.5. The van der Waals surface area contributed by atoms with E-state index in [0.717, 1.165) is 22.8 Å². The zero-order chi connectivity index (χ0) is 16.9. The number of hydrogen-bond acceptors (Lipinski definition) is 4. The highest BCUT2D eigenvalue weighted by Gasteiger charge is 2.14. The third-order valence-corrected chi connectivity index (χ3v) is 4.38. The molecule has 1 heterocycles. The average Bonchev–Trinajstić information content (AvgIpc) is 3.10. The summed E-state index contributed by atoms with van der Waals surface area (Å²) in [5.41, 5.74) is 0.476. The van der Waals surface area contributed by atoms with Crippen molar-refractivity contribution in [1.82, 2.24) is 0 Å². The Kier molecular flexibility index (Phi) is 4.86. The summed E-state index contributed by atoms with van der Waals surface area (Å²) in [5.74, 6) is 0.244. The third kappa shape index (κ3) is 3.78. The number of carbonyl (C=O) groups excluding carboxylic acids is 1. The van der Waals surface area contributed by atoms with Crippen LogP contribution in [0.15, 0.2) is 70.2 Å². The Morgan fingerprint density at radius 3 is 2.79 bits per heavy atom. The van der Waals surface area contributed by atoms with Gasteiger partial charge in [-0.05, 0) is 36.4 Å². The van der Waals surface area contributed by atoms with Gasteiger partial charge in [0.1, 0.15) is 17.3 Å². The van der Waals surface area contributed by atoms with Gasteiger partial charge in [-0.2, -0.15) is 0 Å². The van der Waals surface area contributed by atoms with E-state index in [1.807, 2.05) is 18.2 Å². The molecule has 3 aromatic rings. The number of carbonyl (C=O) groups is 1. The fourth-order valence-corrected chi connectivity index (χ4v) is 3.07. The smallest absolute Gasteiger partial charge is 0.256 e. The Morgan fingerprint density at radius 1 is 1.17 bits per heavy atom. The predicted octanol–water partition coefficient (Wildman–Crippen LogP) is 4.67. The van der Waals surface area contributed by atoms with Crippen LogP contribution in [0.2, 0.25) is 0 Å². The molecule has 0 saturated carbocycles.